The van der Waals surface area contributed by atoms with Gasteiger partial charge < -0.3 is 0 Å². The summed E-state index contributed by atoms with van der Waals surface area (Å²) < 4.78 is 8.39. The Balaban J connectivity index is -0.000000000833. The van der Waals surface area contributed by atoms with E-state index in [9.17, 15) is 0 Å². The van der Waals surface area contributed by atoms with Gasteiger partial charge in [0.2, 0.25) is 0 Å². The summed E-state index contributed by atoms with van der Waals surface area (Å²) >= 11 is 0.0556. The molecule has 0 unspecified atom stereocenters. The molecule has 0 bridgehead atoms. The van der Waals surface area contributed by atoms with E-state index in [-0.39, 0.29) is 114 Å². The van der Waals surface area contributed by atoms with E-state index in [4.69, 9.17) is 2.69 Å². The fourth-order valence-electron chi connectivity index (χ4n) is 0. The SMILES string of the molecule is [Cd].[GaH3].[GeH4].[O]=[Pb].[SnH4]. The molecule has 0 amide bonds. The van der Waals surface area contributed by atoms with Crippen molar-refractivity contribution in [1.29, 1.82) is 0 Å². The molecule has 0 saturated carbocycles. The van der Waals surface area contributed by atoms with E-state index in [1.807, 2.05) is 0 Å². The van der Waals surface area contributed by atoms with Crippen LogP contribution in [0.2, 0.25) is 0 Å². The molecule has 0 rings (SSSR count). The summed E-state index contributed by atoms with van der Waals surface area (Å²) in [6.45, 7) is 0. The normalized spacial score (nSPS) is 0.667. The van der Waals surface area contributed by atoms with E-state index < -0.39 is 0 Å². The second-order valence-electron chi connectivity index (χ2n) is 0. The molecule has 0 saturated heterocycles. The molecule has 0 N–H and O–H groups in total. The molecular formula is H11CdGaGeOPbSn. The van der Waals surface area contributed by atoms with Crippen LogP contribution in [0.4, 0.5) is 0 Å². The zero-order valence-corrected chi connectivity index (χ0v) is 9.54. The first-order valence-electron chi connectivity index (χ1n) is 0.204. The van der Waals surface area contributed by atoms with Gasteiger partial charge in [-0.25, -0.2) is 0 Å². The van der Waals surface area contributed by atoms with E-state index >= 15 is 0 Å². The fraction of sp³-hybridized carbons (Fsp3) is 0. The summed E-state index contributed by atoms with van der Waals surface area (Å²) in [7, 11) is 0. The summed E-state index contributed by atoms with van der Waals surface area (Å²) in [4.78, 5) is 0. The van der Waals surface area contributed by atoms with Crippen LogP contribution >= 0.6 is 0 Å². The first-order valence-corrected chi connectivity index (χ1v) is 1.79. The molecule has 34 valence electrons. The van der Waals surface area contributed by atoms with Crippen LogP contribution in [-0.2, 0) is 30.0 Å². The molecule has 0 aliphatic heterocycles. The summed E-state index contributed by atoms with van der Waals surface area (Å²) in [5.41, 5.74) is 0. The first kappa shape index (κ1) is 33.5. The molecule has 0 aliphatic rings. The molecule has 0 aromatic heterocycles. The van der Waals surface area contributed by atoms with Gasteiger partial charge in [-0.2, -0.15) is 0 Å². The summed E-state index contributed by atoms with van der Waals surface area (Å²) in [6.07, 6.45) is 0. The minimum atomic E-state index is 0. The Bertz CT molecular complexity index is 15.5. The average molecular weight is 608 g/mol. The van der Waals surface area contributed by atoms with E-state index in [2.05, 4.69) is 0 Å². The van der Waals surface area contributed by atoms with E-state index in [1.165, 1.54) is 0 Å². The van der Waals surface area contributed by atoms with Crippen LogP contribution in [0.15, 0.2) is 0 Å². The molecule has 0 heterocycles. The van der Waals surface area contributed by atoms with Gasteiger partial charge in [-0.1, -0.05) is 0 Å². The molecule has 6 heteroatoms. The Labute approximate surface area is 114 Å². The summed E-state index contributed by atoms with van der Waals surface area (Å²) in [5.74, 6) is 0. The second-order valence-corrected chi connectivity index (χ2v) is 0. The Morgan fingerprint density at radius 1 is 1.17 bits per heavy atom. The van der Waals surface area contributed by atoms with Crippen LogP contribution in [0, 0.1) is 0 Å². The van der Waals surface area contributed by atoms with Gasteiger partial charge >= 0.3 is 89.8 Å². The van der Waals surface area contributed by atoms with Gasteiger partial charge in [-0.05, 0) is 0 Å². The minimum absolute atomic E-state index is 0. The Morgan fingerprint density at radius 2 is 1.17 bits per heavy atom. The average Bonchev–Trinajstić information content (AvgIpc) is 1.00. The van der Waals surface area contributed by atoms with Crippen LogP contribution in [0.1, 0.15) is 0 Å². The van der Waals surface area contributed by atoms with Crippen LogP contribution in [-0.4, -0.2) is 87.1 Å². The van der Waals surface area contributed by atoms with Gasteiger partial charge in [-0.3, -0.25) is 0 Å². The molecule has 6 heavy (non-hydrogen) atoms. The maximum atomic E-state index is 8.39. The fourth-order valence-corrected chi connectivity index (χ4v) is 0. The van der Waals surface area contributed by atoms with Gasteiger partial charge in [0.25, 0.3) is 0 Å². The van der Waals surface area contributed by atoms with Gasteiger partial charge in [0.05, 0.1) is 0 Å². The molecule has 1 nitrogen and oxygen atoms in total. The standard InChI is InChI=1S/Cd.Ga.GeH4.O.Pb.Sn.7H/h;;1H4;;;;;;;;;;. The van der Waals surface area contributed by atoms with E-state index in [0.717, 1.165) is 0 Å². The number of hydrogen-bond acceptors (Lipinski definition) is 1. The Hall–Kier alpha value is 3.62. The third-order valence-corrected chi connectivity index (χ3v) is 0. The van der Waals surface area contributed by atoms with Crippen molar-refractivity contribution >= 4 is 87.1 Å². The van der Waals surface area contributed by atoms with Crippen molar-refractivity contribution in [2.45, 2.75) is 0 Å². The summed E-state index contributed by atoms with van der Waals surface area (Å²) in [6, 6.07) is 0. The number of hydrogen-bond donors (Lipinski definition) is 0. The Kier molecular flexibility index (Phi) is 213. The third kappa shape index (κ3) is 25.5. The summed E-state index contributed by atoms with van der Waals surface area (Å²) in [5, 5.41) is 0. The third-order valence-electron chi connectivity index (χ3n) is 0. The van der Waals surface area contributed by atoms with E-state index in [0.29, 0.717) is 0 Å². The molecule has 0 atom stereocenters. The van der Waals surface area contributed by atoms with Crippen molar-refractivity contribution in [1.82, 2.24) is 0 Å². The molecular weight excluding hydrogens is 597 g/mol. The zero-order chi connectivity index (χ0) is 2.00. The predicted octanol–water partition coefficient (Wildman–Crippen LogP) is -4.59. The van der Waals surface area contributed by atoms with Crippen LogP contribution in [0.5, 0.6) is 0 Å². The monoisotopic (exact) mass is 612 g/mol. The molecule has 0 spiro atoms. The second kappa shape index (κ2) is 38.2. The quantitative estimate of drug-likeness (QED) is 0.254. The maximum absolute atomic E-state index is 8.39. The van der Waals surface area contributed by atoms with Gasteiger partial charge in [0.1, 0.15) is 0 Å². The molecule has 0 fully saturated rings. The van der Waals surface area contributed by atoms with Crippen LogP contribution in [0.25, 0.3) is 0 Å². The Morgan fingerprint density at radius 3 is 1.17 bits per heavy atom. The van der Waals surface area contributed by atoms with Crippen molar-refractivity contribution in [3.8, 4) is 0 Å². The topological polar surface area (TPSA) is 17.1 Å². The van der Waals surface area contributed by atoms with Crippen LogP contribution in [0.3, 0.4) is 0 Å². The first-order chi connectivity index (χ1) is 1.00. The van der Waals surface area contributed by atoms with E-state index in [1.54, 1.807) is 0 Å². The van der Waals surface area contributed by atoms with Crippen LogP contribution < -0.4 is 0 Å². The van der Waals surface area contributed by atoms with Gasteiger partial charge in [-0.15, -0.1) is 0 Å². The molecule has 0 aromatic carbocycles. The van der Waals surface area contributed by atoms with Gasteiger partial charge in [0.15, 0.2) is 0 Å². The van der Waals surface area contributed by atoms with Gasteiger partial charge in [0, 0.05) is 27.3 Å². The van der Waals surface area contributed by atoms with Crippen molar-refractivity contribution < 1.29 is 30.0 Å². The molecule has 0 aromatic rings. The molecule has 0 aliphatic carbocycles. The van der Waals surface area contributed by atoms with Crippen molar-refractivity contribution in [3.05, 3.63) is 0 Å². The predicted molar refractivity (Wildman–Crippen MR) is 39.0 cm³/mol. The van der Waals surface area contributed by atoms with Crippen molar-refractivity contribution in [3.63, 3.8) is 0 Å². The van der Waals surface area contributed by atoms with Crippen molar-refractivity contribution in [2.24, 2.45) is 0 Å². The zero-order valence-electron chi connectivity index (χ0n) is 1.62. The molecule has 2 radical (unpaired) electrons. The van der Waals surface area contributed by atoms with Crippen molar-refractivity contribution in [2.75, 3.05) is 0 Å². The number of rotatable bonds is 0.